The van der Waals surface area contributed by atoms with Crippen molar-refractivity contribution in [3.63, 3.8) is 0 Å². The summed E-state index contributed by atoms with van der Waals surface area (Å²) in [6.07, 6.45) is 0.255. The Hall–Kier alpha value is -3.08. The van der Waals surface area contributed by atoms with E-state index in [4.69, 9.17) is 23.2 Å². The number of nitro groups is 1. The lowest BCUT2D eigenvalue weighted by Crippen LogP contribution is -2.24. The first-order valence-corrected chi connectivity index (χ1v) is 11.0. The van der Waals surface area contributed by atoms with Crippen molar-refractivity contribution in [3.8, 4) is 0 Å². The Balaban J connectivity index is 1.48. The maximum absolute atomic E-state index is 12.5. The normalized spacial score (nSPS) is 15.8. The highest BCUT2D eigenvalue weighted by molar-refractivity contribution is 7.15. The maximum Gasteiger partial charge on any atom is 0.270 e. The number of nitro benzene ring substituents is 1. The zero-order chi connectivity index (χ0) is 23.0. The average molecular weight is 492 g/mol. The molecule has 4 rings (SSSR count). The number of halogens is 2. The second-order valence-electron chi connectivity index (χ2n) is 7.16. The number of carbonyl (C=O) groups is 2. The first-order valence-electron chi connectivity index (χ1n) is 9.38. The van der Waals surface area contributed by atoms with E-state index in [0.29, 0.717) is 22.3 Å². The number of amides is 2. The summed E-state index contributed by atoms with van der Waals surface area (Å²) < 4.78 is 0. The van der Waals surface area contributed by atoms with Crippen molar-refractivity contribution in [1.29, 1.82) is 0 Å². The van der Waals surface area contributed by atoms with Crippen LogP contribution in [0.15, 0.2) is 36.4 Å². The molecule has 1 atom stereocenters. The van der Waals surface area contributed by atoms with Crippen LogP contribution >= 0.6 is 34.5 Å². The average Bonchev–Trinajstić information content (AvgIpc) is 3.36. The summed E-state index contributed by atoms with van der Waals surface area (Å²) in [6, 6.07) is 9.06. The molecule has 0 spiro atoms. The Labute approximate surface area is 196 Å². The summed E-state index contributed by atoms with van der Waals surface area (Å²) in [5.41, 5.74) is 1.34. The van der Waals surface area contributed by atoms with Gasteiger partial charge >= 0.3 is 0 Å². The fraction of sp³-hybridized carbons (Fsp3) is 0.200. The van der Waals surface area contributed by atoms with Crippen LogP contribution in [0.3, 0.4) is 0 Å². The predicted octanol–water partition coefficient (Wildman–Crippen LogP) is 4.83. The second-order valence-corrected chi connectivity index (χ2v) is 8.98. The quantitative estimate of drug-likeness (QED) is 0.403. The molecule has 2 heterocycles. The summed E-state index contributed by atoms with van der Waals surface area (Å²) in [5, 5.41) is 23.1. The molecule has 1 unspecified atom stereocenters. The van der Waals surface area contributed by atoms with Gasteiger partial charge in [-0.25, -0.2) is 0 Å². The van der Waals surface area contributed by atoms with Gasteiger partial charge in [0.15, 0.2) is 0 Å². The molecule has 1 aliphatic heterocycles. The minimum Gasteiger partial charge on any atom is -0.312 e. The third-order valence-electron chi connectivity index (χ3n) is 5.01. The van der Waals surface area contributed by atoms with Gasteiger partial charge in [0.1, 0.15) is 5.01 Å². The molecule has 9 nitrogen and oxygen atoms in total. The Morgan fingerprint density at radius 3 is 2.72 bits per heavy atom. The van der Waals surface area contributed by atoms with E-state index < -0.39 is 10.8 Å². The number of nitrogens with one attached hydrogen (secondary N) is 1. The Morgan fingerprint density at radius 1 is 1.22 bits per heavy atom. The van der Waals surface area contributed by atoms with Gasteiger partial charge in [-0.1, -0.05) is 40.6 Å². The van der Waals surface area contributed by atoms with E-state index in [1.807, 2.05) is 19.1 Å². The highest BCUT2D eigenvalue weighted by Gasteiger charge is 2.34. The van der Waals surface area contributed by atoms with Crippen molar-refractivity contribution in [1.82, 2.24) is 10.2 Å². The van der Waals surface area contributed by atoms with Crippen LogP contribution in [0.2, 0.25) is 10.0 Å². The van der Waals surface area contributed by atoms with Gasteiger partial charge in [0.05, 0.1) is 15.5 Å². The van der Waals surface area contributed by atoms with Crippen LogP contribution < -0.4 is 10.2 Å². The SMILES string of the molecule is Cc1ccc(N2CC(c3nnc(NC(=O)c4cc([N+](=O)[O-])ccc4Cl)s3)CC2=O)cc1Cl. The van der Waals surface area contributed by atoms with E-state index in [1.54, 1.807) is 11.0 Å². The third kappa shape index (κ3) is 4.43. The zero-order valence-electron chi connectivity index (χ0n) is 16.5. The summed E-state index contributed by atoms with van der Waals surface area (Å²) >= 11 is 13.3. The monoisotopic (exact) mass is 491 g/mol. The number of benzene rings is 2. The van der Waals surface area contributed by atoms with E-state index in [1.165, 1.54) is 12.1 Å². The lowest BCUT2D eigenvalue weighted by atomic mass is 10.1. The van der Waals surface area contributed by atoms with Crippen molar-refractivity contribution >= 4 is 62.9 Å². The van der Waals surface area contributed by atoms with Gasteiger partial charge in [-0.2, -0.15) is 0 Å². The maximum atomic E-state index is 12.5. The molecule has 0 saturated carbocycles. The largest absolute Gasteiger partial charge is 0.312 e. The molecular weight excluding hydrogens is 477 g/mol. The molecule has 12 heteroatoms. The molecule has 0 radical (unpaired) electrons. The number of carbonyl (C=O) groups excluding carboxylic acids is 2. The number of aromatic nitrogens is 2. The molecule has 164 valence electrons. The first kappa shape index (κ1) is 22.1. The van der Waals surface area contributed by atoms with E-state index in [0.717, 1.165) is 23.0 Å². The molecule has 1 aliphatic rings. The minimum absolute atomic E-state index is 0.0453. The topological polar surface area (TPSA) is 118 Å². The van der Waals surface area contributed by atoms with E-state index >= 15 is 0 Å². The van der Waals surface area contributed by atoms with E-state index in [9.17, 15) is 19.7 Å². The van der Waals surface area contributed by atoms with Crippen molar-refractivity contribution in [2.75, 3.05) is 16.8 Å². The van der Waals surface area contributed by atoms with Gasteiger partial charge in [-0.05, 0) is 30.7 Å². The van der Waals surface area contributed by atoms with E-state index in [2.05, 4.69) is 15.5 Å². The summed E-state index contributed by atoms with van der Waals surface area (Å²) in [6.45, 7) is 2.30. The Morgan fingerprint density at radius 2 is 2.00 bits per heavy atom. The third-order valence-corrected chi connectivity index (χ3v) is 6.75. The number of hydrogen-bond donors (Lipinski definition) is 1. The van der Waals surface area contributed by atoms with Crippen LogP contribution in [-0.2, 0) is 4.79 Å². The van der Waals surface area contributed by atoms with Crippen molar-refractivity contribution in [3.05, 3.63) is 72.7 Å². The van der Waals surface area contributed by atoms with Crippen LogP contribution in [0.4, 0.5) is 16.5 Å². The molecule has 1 aromatic heterocycles. The Kier molecular flexibility index (Phi) is 6.09. The fourth-order valence-electron chi connectivity index (χ4n) is 3.29. The van der Waals surface area contributed by atoms with Gasteiger partial charge in [0.25, 0.3) is 11.6 Å². The smallest absolute Gasteiger partial charge is 0.270 e. The summed E-state index contributed by atoms with van der Waals surface area (Å²) in [7, 11) is 0. The molecule has 2 aromatic carbocycles. The highest BCUT2D eigenvalue weighted by atomic mass is 35.5. The predicted molar refractivity (Wildman–Crippen MR) is 122 cm³/mol. The molecule has 2 amide bonds. The molecule has 0 aliphatic carbocycles. The highest BCUT2D eigenvalue weighted by Crippen LogP contribution is 2.35. The standard InChI is InChI=1S/C20H15Cl2N5O4S/c1-10-2-3-12(8-16(10)22)26-9-11(6-17(26)28)19-24-25-20(32-19)23-18(29)14-7-13(27(30)31)4-5-15(14)21/h2-5,7-8,11H,6,9H2,1H3,(H,23,25,29). The number of anilines is 2. The van der Waals surface area contributed by atoms with Crippen molar-refractivity contribution in [2.24, 2.45) is 0 Å². The number of nitrogens with zero attached hydrogens (tertiary/aromatic N) is 4. The van der Waals surface area contributed by atoms with Gasteiger partial charge in [-0.15, -0.1) is 10.2 Å². The van der Waals surface area contributed by atoms with Gasteiger partial charge in [-0.3, -0.25) is 25.0 Å². The number of aryl methyl sites for hydroxylation is 1. The van der Waals surface area contributed by atoms with Crippen LogP contribution in [0.5, 0.6) is 0 Å². The van der Waals surface area contributed by atoms with E-state index in [-0.39, 0.29) is 39.7 Å². The fourth-order valence-corrected chi connectivity index (χ4v) is 4.50. The molecule has 0 bridgehead atoms. The summed E-state index contributed by atoms with van der Waals surface area (Å²) in [5.74, 6) is -0.883. The zero-order valence-corrected chi connectivity index (χ0v) is 18.9. The lowest BCUT2D eigenvalue weighted by molar-refractivity contribution is -0.384. The molecule has 3 aromatic rings. The number of hydrogen-bond acceptors (Lipinski definition) is 7. The summed E-state index contributed by atoms with van der Waals surface area (Å²) in [4.78, 5) is 37.1. The molecule has 32 heavy (non-hydrogen) atoms. The lowest BCUT2D eigenvalue weighted by Gasteiger charge is -2.17. The van der Waals surface area contributed by atoms with Crippen molar-refractivity contribution < 1.29 is 14.5 Å². The molecule has 1 fully saturated rings. The molecular formula is C20H15Cl2N5O4S. The van der Waals surface area contributed by atoms with Crippen LogP contribution in [0, 0.1) is 17.0 Å². The van der Waals surface area contributed by atoms with Crippen LogP contribution in [0.1, 0.15) is 33.3 Å². The van der Waals surface area contributed by atoms with Crippen molar-refractivity contribution in [2.45, 2.75) is 19.3 Å². The number of rotatable bonds is 5. The van der Waals surface area contributed by atoms with Gasteiger partial charge in [0, 0.05) is 41.7 Å². The van der Waals surface area contributed by atoms with Gasteiger partial charge in [0.2, 0.25) is 11.0 Å². The van der Waals surface area contributed by atoms with Gasteiger partial charge < -0.3 is 4.90 Å². The number of non-ortho nitro benzene ring substituents is 1. The Bertz CT molecular complexity index is 1250. The molecule has 1 saturated heterocycles. The molecule has 1 N–H and O–H groups in total. The first-order chi connectivity index (χ1) is 15.2. The van der Waals surface area contributed by atoms with Crippen LogP contribution in [0.25, 0.3) is 0 Å². The minimum atomic E-state index is -0.639. The van der Waals surface area contributed by atoms with Crippen LogP contribution in [-0.4, -0.2) is 33.5 Å². The second kappa shape index (κ2) is 8.81.